The van der Waals surface area contributed by atoms with Crippen molar-refractivity contribution in [3.8, 4) is 0 Å². The van der Waals surface area contributed by atoms with Gasteiger partial charge < -0.3 is 4.74 Å². The molecule has 1 saturated carbocycles. The molecule has 1 unspecified atom stereocenters. The van der Waals surface area contributed by atoms with Crippen molar-refractivity contribution in [3.05, 3.63) is 42.0 Å². The first-order valence-electron chi connectivity index (χ1n) is 10.8. The number of nitrogens with zero attached hydrogens (tertiary/aromatic N) is 2. The number of carbonyl (C=O) groups excluding carboxylic acids is 2. The Kier molecular flexibility index (Phi) is 3.43. The summed E-state index contributed by atoms with van der Waals surface area (Å²) in [5.74, 6) is 0.876. The lowest BCUT2D eigenvalue weighted by Gasteiger charge is -2.60. The van der Waals surface area contributed by atoms with Crippen molar-refractivity contribution in [1.82, 2.24) is 4.90 Å². The molecule has 1 aromatic carbocycles. The molecule has 5 heteroatoms. The van der Waals surface area contributed by atoms with Crippen LogP contribution in [0.1, 0.15) is 39.2 Å². The number of ether oxygens (including phenoxy) is 1. The monoisotopic (exact) mass is 390 g/mol. The number of hydrogen-bond acceptors (Lipinski definition) is 5. The molecule has 7 rings (SSSR count). The lowest BCUT2D eigenvalue weighted by molar-refractivity contribution is -0.156. The molecule has 0 aromatic heterocycles. The van der Waals surface area contributed by atoms with Crippen molar-refractivity contribution in [2.75, 3.05) is 0 Å². The highest BCUT2D eigenvalue weighted by Crippen LogP contribution is 2.67. The summed E-state index contributed by atoms with van der Waals surface area (Å²) in [6.45, 7) is 5.42. The smallest absolute Gasteiger partial charge is 0.302 e. The van der Waals surface area contributed by atoms with E-state index < -0.39 is 0 Å². The molecule has 4 saturated heterocycles. The molecule has 6 aliphatic rings. The van der Waals surface area contributed by atoms with Gasteiger partial charge in [-0.3, -0.25) is 19.5 Å². The van der Waals surface area contributed by atoms with E-state index in [1.807, 2.05) is 6.07 Å². The van der Waals surface area contributed by atoms with Crippen molar-refractivity contribution >= 4 is 23.2 Å². The zero-order valence-corrected chi connectivity index (χ0v) is 17.0. The van der Waals surface area contributed by atoms with Crippen LogP contribution in [0, 0.1) is 17.8 Å². The van der Waals surface area contributed by atoms with Crippen molar-refractivity contribution in [1.29, 1.82) is 0 Å². The van der Waals surface area contributed by atoms with Gasteiger partial charge in [-0.05, 0) is 56.2 Å². The number of fused-ring (bicyclic) bond motifs is 2. The third kappa shape index (κ3) is 2.02. The van der Waals surface area contributed by atoms with Crippen molar-refractivity contribution in [2.45, 2.75) is 63.3 Å². The molecule has 29 heavy (non-hydrogen) atoms. The summed E-state index contributed by atoms with van der Waals surface area (Å²) in [4.78, 5) is 31.6. The highest BCUT2D eigenvalue weighted by Gasteiger charge is 2.74. The van der Waals surface area contributed by atoms with Crippen LogP contribution < -0.4 is 0 Å². The Morgan fingerprint density at radius 3 is 2.83 bits per heavy atom. The van der Waals surface area contributed by atoms with E-state index in [1.54, 1.807) is 13.0 Å². The predicted octanol–water partition coefficient (Wildman–Crippen LogP) is 3.20. The maximum Gasteiger partial charge on any atom is 0.302 e. The normalized spacial score (nSPS) is 45.3. The number of aliphatic imine (C=N–C) groups is 1. The molecule has 150 valence electrons. The van der Waals surface area contributed by atoms with Gasteiger partial charge in [0, 0.05) is 24.9 Å². The van der Waals surface area contributed by atoms with Crippen molar-refractivity contribution in [3.63, 3.8) is 0 Å². The Labute approximate surface area is 170 Å². The molecule has 5 nitrogen and oxygen atoms in total. The van der Waals surface area contributed by atoms with Gasteiger partial charge >= 0.3 is 5.97 Å². The van der Waals surface area contributed by atoms with Crippen molar-refractivity contribution < 1.29 is 14.3 Å². The molecule has 9 atom stereocenters. The molecule has 0 radical (unpaired) electrons. The van der Waals surface area contributed by atoms with Gasteiger partial charge in [-0.25, -0.2) is 0 Å². The third-order valence-corrected chi connectivity index (χ3v) is 8.31. The van der Waals surface area contributed by atoms with Crippen LogP contribution in [0.15, 0.2) is 41.4 Å². The number of allylic oxidation sites excluding steroid dienone is 1. The second kappa shape index (κ2) is 5.66. The molecular formula is C24H26N2O3. The first-order chi connectivity index (χ1) is 13.9. The van der Waals surface area contributed by atoms with Crippen LogP contribution in [0.4, 0.5) is 5.69 Å². The van der Waals surface area contributed by atoms with E-state index in [2.05, 4.69) is 36.1 Å². The van der Waals surface area contributed by atoms with Gasteiger partial charge in [0.15, 0.2) is 5.78 Å². The fourth-order valence-electron chi connectivity index (χ4n) is 7.61. The topological polar surface area (TPSA) is 59.0 Å². The SMILES string of the molecule is CC(=O)/C=C/[C@@H]1[C@@H]2C[C@H]3C4=Nc5ccccc5[C@]45C[C@@H]([C@@H]2[C@H]5OC(C)=O)N3[C@H]1C. The van der Waals surface area contributed by atoms with Crippen LogP contribution in [-0.2, 0) is 19.7 Å². The maximum absolute atomic E-state index is 12.2. The van der Waals surface area contributed by atoms with Gasteiger partial charge in [0.1, 0.15) is 6.10 Å². The summed E-state index contributed by atoms with van der Waals surface area (Å²) in [7, 11) is 0. The van der Waals surface area contributed by atoms with Gasteiger partial charge in [0.2, 0.25) is 0 Å². The lowest BCUT2D eigenvalue weighted by Crippen LogP contribution is -2.69. The van der Waals surface area contributed by atoms with E-state index in [4.69, 9.17) is 9.73 Å². The number of rotatable bonds is 3. The van der Waals surface area contributed by atoms with E-state index in [9.17, 15) is 9.59 Å². The number of ketones is 1. The lowest BCUT2D eigenvalue weighted by atomic mass is 9.62. The van der Waals surface area contributed by atoms with Crippen LogP contribution in [0.5, 0.6) is 0 Å². The Bertz CT molecular complexity index is 998. The van der Waals surface area contributed by atoms with Crippen molar-refractivity contribution in [2.24, 2.45) is 22.7 Å². The zero-order valence-electron chi connectivity index (χ0n) is 17.0. The standard InChI is InChI=1S/C24H26N2O3/c1-12(27)8-9-15-13(2)26-19-10-16(15)21-20(26)11-24(23(21)29-14(3)28)17-6-4-5-7-18(17)25-22(19)24/h4-9,13,15-16,19-21,23H,10-11H2,1-3H3/b9-8+/t13-,15-,16-,19-,20-,21+,23+,24+/m0/s1. The Morgan fingerprint density at radius 1 is 1.28 bits per heavy atom. The van der Waals surface area contributed by atoms with Crippen LogP contribution >= 0.6 is 0 Å². The highest BCUT2D eigenvalue weighted by atomic mass is 16.5. The van der Waals surface area contributed by atoms with Gasteiger partial charge in [0.25, 0.3) is 0 Å². The second-order valence-corrected chi connectivity index (χ2v) is 9.51. The Balaban J connectivity index is 1.53. The van der Waals surface area contributed by atoms with E-state index in [1.165, 1.54) is 18.2 Å². The molecule has 5 fully saturated rings. The van der Waals surface area contributed by atoms with E-state index in [0.29, 0.717) is 30.0 Å². The number of para-hydroxylation sites is 1. The van der Waals surface area contributed by atoms with Gasteiger partial charge in [-0.15, -0.1) is 0 Å². The molecular weight excluding hydrogens is 364 g/mol. The molecule has 5 bridgehead atoms. The largest absolute Gasteiger partial charge is 0.461 e. The Morgan fingerprint density at radius 2 is 2.07 bits per heavy atom. The predicted molar refractivity (Wildman–Crippen MR) is 109 cm³/mol. The first kappa shape index (κ1) is 17.6. The highest BCUT2D eigenvalue weighted by molar-refractivity contribution is 6.08. The Hall–Kier alpha value is -2.27. The fourth-order valence-corrected chi connectivity index (χ4v) is 7.61. The van der Waals surface area contributed by atoms with Crippen LogP contribution in [-0.4, -0.2) is 46.6 Å². The average Bonchev–Trinajstić information content (AvgIpc) is 3.14. The maximum atomic E-state index is 12.2. The zero-order chi connectivity index (χ0) is 20.1. The third-order valence-electron chi connectivity index (χ3n) is 8.31. The summed E-state index contributed by atoms with van der Waals surface area (Å²) in [5, 5.41) is 0. The second-order valence-electron chi connectivity index (χ2n) is 9.51. The number of piperidine rings is 4. The van der Waals surface area contributed by atoms with Gasteiger partial charge in [-0.1, -0.05) is 24.3 Å². The molecule has 0 amide bonds. The minimum atomic E-state index is -0.271. The molecule has 1 aromatic rings. The summed E-state index contributed by atoms with van der Waals surface area (Å²) in [6, 6.07) is 9.47. The summed E-state index contributed by atoms with van der Waals surface area (Å²) in [5.41, 5.74) is 3.23. The van der Waals surface area contributed by atoms with Crippen LogP contribution in [0.2, 0.25) is 0 Å². The average molecular weight is 390 g/mol. The number of esters is 1. The van der Waals surface area contributed by atoms with Gasteiger partial charge in [-0.2, -0.15) is 0 Å². The first-order valence-corrected chi connectivity index (χ1v) is 10.8. The van der Waals surface area contributed by atoms with Crippen LogP contribution in [0.3, 0.4) is 0 Å². The van der Waals surface area contributed by atoms with E-state index in [-0.39, 0.29) is 29.2 Å². The summed E-state index contributed by atoms with van der Waals surface area (Å²) in [6.07, 6.45) is 5.68. The number of carbonyl (C=O) groups is 2. The molecule has 1 aliphatic carbocycles. The summed E-state index contributed by atoms with van der Waals surface area (Å²) < 4.78 is 6.14. The van der Waals surface area contributed by atoms with E-state index in [0.717, 1.165) is 18.5 Å². The van der Waals surface area contributed by atoms with Crippen LogP contribution in [0.25, 0.3) is 0 Å². The molecule has 0 N–H and O–H groups in total. The minimum absolute atomic E-state index is 0.0891. The number of benzene rings is 1. The fraction of sp³-hybridized carbons (Fsp3) is 0.542. The molecule has 5 aliphatic heterocycles. The quantitative estimate of drug-likeness (QED) is 0.587. The minimum Gasteiger partial charge on any atom is -0.461 e. The molecule has 5 heterocycles. The summed E-state index contributed by atoms with van der Waals surface area (Å²) >= 11 is 0. The van der Waals surface area contributed by atoms with E-state index >= 15 is 0 Å². The molecule has 1 spiro atoms. The van der Waals surface area contributed by atoms with Gasteiger partial charge in [0.05, 0.1) is 22.9 Å². The number of hydrogen-bond donors (Lipinski definition) is 0.